The largest absolute Gasteiger partial charge is 0.573 e. The second kappa shape index (κ2) is 4.12. The van der Waals surface area contributed by atoms with E-state index in [1.165, 1.54) is 0 Å². The first kappa shape index (κ1) is 12.5. The summed E-state index contributed by atoms with van der Waals surface area (Å²) >= 11 is 2.76. The number of anilines is 1. The fourth-order valence-corrected chi connectivity index (χ4v) is 1.27. The van der Waals surface area contributed by atoms with Gasteiger partial charge in [-0.1, -0.05) is 0 Å². The highest BCUT2D eigenvalue weighted by atomic mass is 79.9. The molecule has 1 heterocycles. The standard InChI is InChI=1S/C6H3BrF3N3O3/c7-3-1-2(13(14)15)4(5(11)12-3)16-6(8,9)10/h1H,(H2,11,12). The zero-order valence-electron chi connectivity index (χ0n) is 7.29. The quantitative estimate of drug-likeness (QED) is 0.514. The number of nitrogens with zero attached hydrogens (tertiary/aromatic N) is 2. The highest BCUT2D eigenvalue weighted by Gasteiger charge is 2.36. The van der Waals surface area contributed by atoms with Gasteiger partial charge in [-0.3, -0.25) is 10.1 Å². The lowest BCUT2D eigenvalue weighted by Gasteiger charge is -2.10. The van der Waals surface area contributed by atoms with Crippen LogP contribution in [0.1, 0.15) is 0 Å². The first-order valence-electron chi connectivity index (χ1n) is 3.57. The number of halogens is 4. The molecule has 16 heavy (non-hydrogen) atoms. The third kappa shape index (κ3) is 2.95. The van der Waals surface area contributed by atoms with Crippen LogP contribution in [-0.4, -0.2) is 16.3 Å². The third-order valence-electron chi connectivity index (χ3n) is 1.36. The van der Waals surface area contributed by atoms with Crippen molar-refractivity contribution in [1.82, 2.24) is 4.98 Å². The van der Waals surface area contributed by atoms with Crippen LogP contribution in [0.4, 0.5) is 24.7 Å². The van der Waals surface area contributed by atoms with Crippen LogP contribution in [-0.2, 0) is 0 Å². The molecule has 1 rings (SSSR count). The smallest absolute Gasteiger partial charge is 0.394 e. The van der Waals surface area contributed by atoms with Gasteiger partial charge in [0.05, 0.1) is 11.0 Å². The summed E-state index contributed by atoms with van der Waals surface area (Å²) in [7, 11) is 0. The van der Waals surface area contributed by atoms with Crippen LogP contribution >= 0.6 is 15.9 Å². The van der Waals surface area contributed by atoms with E-state index >= 15 is 0 Å². The maximum Gasteiger partial charge on any atom is 0.573 e. The average molecular weight is 302 g/mol. The summed E-state index contributed by atoms with van der Waals surface area (Å²) < 4.78 is 39.1. The first-order chi connectivity index (χ1) is 7.20. The van der Waals surface area contributed by atoms with Gasteiger partial charge in [-0.15, -0.1) is 13.2 Å². The summed E-state index contributed by atoms with van der Waals surface area (Å²) in [5, 5.41) is 10.5. The van der Waals surface area contributed by atoms with E-state index in [1.54, 1.807) is 0 Å². The number of alkyl halides is 3. The highest BCUT2D eigenvalue weighted by Crippen LogP contribution is 2.37. The summed E-state index contributed by atoms with van der Waals surface area (Å²) in [6, 6.07) is 0.761. The Balaban J connectivity index is 3.30. The zero-order chi connectivity index (χ0) is 12.5. The summed E-state index contributed by atoms with van der Waals surface area (Å²) in [5.41, 5.74) is 4.18. The van der Waals surface area contributed by atoms with Crippen LogP contribution in [0.5, 0.6) is 5.75 Å². The van der Waals surface area contributed by atoms with E-state index < -0.39 is 28.5 Å². The molecule has 0 aliphatic heterocycles. The average Bonchev–Trinajstić information content (AvgIpc) is 2.07. The van der Waals surface area contributed by atoms with Crippen molar-refractivity contribution in [3.63, 3.8) is 0 Å². The van der Waals surface area contributed by atoms with Crippen LogP contribution in [0, 0.1) is 10.1 Å². The Morgan fingerprint density at radius 2 is 2.12 bits per heavy atom. The fraction of sp³-hybridized carbons (Fsp3) is 0.167. The Morgan fingerprint density at radius 1 is 1.56 bits per heavy atom. The number of hydrogen-bond acceptors (Lipinski definition) is 5. The molecular formula is C6H3BrF3N3O3. The summed E-state index contributed by atoms with van der Waals surface area (Å²) in [5.74, 6) is -1.85. The molecule has 6 nitrogen and oxygen atoms in total. The Hall–Kier alpha value is -1.58. The van der Waals surface area contributed by atoms with E-state index in [1.807, 2.05) is 0 Å². The first-order valence-corrected chi connectivity index (χ1v) is 4.36. The zero-order valence-corrected chi connectivity index (χ0v) is 8.87. The van der Waals surface area contributed by atoms with Crippen molar-refractivity contribution in [2.45, 2.75) is 6.36 Å². The molecule has 0 aliphatic carbocycles. The van der Waals surface area contributed by atoms with Crippen LogP contribution in [0.15, 0.2) is 10.7 Å². The van der Waals surface area contributed by atoms with Gasteiger partial charge in [-0.2, -0.15) is 0 Å². The van der Waals surface area contributed by atoms with Crippen LogP contribution in [0.25, 0.3) is 0 Å². The van der Waals surface area contributed by atoms with Gasteiger partial charge in [-0.25, -0.2) is 4.98 Å². The van der Waals surface area contributed by atoms with Crippen molar-refractivity contribution >= 4 is 27.4 Å². The van der Waals surface area contributed by atoms with Gasteiger partial charge < -0.3 is 10.5 Å². The SMILES string of the molecule is Nc1nc(Br)cc([N+](=O)[O-])c1OC(F)(F)F. The van der Waals surface area contributed by atoms with Crippen LogP contribution in [0.3, 0.4) is 0 Å². The molecule has 0 unspecified atom stereocenters. The Morgan fingerprint density at radius 3 is 2.56 bits per heavy atom. The number of aromatic nitrogens is 1. The van der Waals surface area contributed by atoms with Crippen LogP contribution < -0.4 is 10.5 Å². The van der Waals surface area contributed by atoms with Crippen molar-refractivity contribution in [2.75, 3.05) is 5.73 Å². The molecule has 1 aromatic heterocycles. The van der Waals surface area contributed by atoms with Crippen molar-refractivity contribution in [3.8, 4) is 5.75 Å². The molecule has 0 radical (unpaired) electrons. The monoisotopic (exact) mass is 301 g/mol. The second-order valence-corrected chi connectivity index (χ2v) is 3.30. The van der Waals surface area contributed by atoms with Gasteiger partial charge >= 0.3 is 12.0 Å². The normalized spacial score (nSPS) is 11.2. The summed E-state index contributed by atoms with van der Waals surface area (Å²) in [4.78, 5) is 12.8. The Labute approximate surface area is 94.5 Å². The maximum absolute atomic E-state index is 11.9. The second-order valence-electron chi connectivity index (χ2n) is 2.48. The molecule has 0 spiro atoms. The summed E-state index contributed by atoms with van der Waals surface area (Å²) in [6.45, 7) is 0. The van der Waals surface area contributed by atoms with Gasteiger partial charge in [0, 0.05) is 0 Å². The van der Waals surface area contributed by atoms with E-state index in [0.717, 1.165) is 6.07 Å². The van der Waals surface area contributed by atoms with Crippen molar-refractivity contribution in [3.05, 3.63) is 20.8 Å². The molecule has 0 saturated carbocycles. The molecule has 1 aromatic rings. The molecule has 0 aliphatic rings. The maximum atomic E-state index is 11.9. The number of rotatable bonds is 2. The minimum Gasteiger partial charge on any atom is -0.394 e. The van der Waals surface area contributed by atoms with Gasteiger partial charge in [-0.05, 0) is 15.9 Å². The lowest BCUT2D eigenvalue weighted by Crippen LogP contribution is -2.19. The lowest BCUT2D eigenvalue weighted by molar-refractivity contribution is -0.388. The highest BCUT2D eigenvalue weighted by molar-refractivity contribution is 9.10. The molecule has 0 saturated heterocycles. The van der Waals surface area contributed by atoms with Crippen molar-refractivity contribution < 1.29 is 22.8 Å². The van der Waals surface area contributed by atoms with E-state index in [4.69, 9.17) is 5.73 Å². The fourth-order valence-electron chi connectivity index (χ4n) is 0.864. The van der Waals surface area contributed by atoms with Crippen molar-refractivity contribution in [2.24, 2.45) is 0 Å². The topological polar surface area (TPSA) is 91.3 Å². The molecule has 0 aromatic carbocycles. The van der Waals surface area contributed by atoms with Crippen molar-refractivity contribution in [1.29, 1.82) is 0 Å². The van der Waals surface area contributed by atoms with E-state index in [9.17, 15) is 23.3 Å². The Kier molecular flexibility index (Phi) is 3.21. The minimum absolute atomic E-state index is 0.0637. The third-order valence-corrected chi connectivity index (χ3v) is 1.77. The molecule has 0 amide bonds. The van der Waals surface area contributed by atoms with Gasteiger partial charge in [0.25, 0.3) is 0 Å². The summed E-state index contributed by atoms with van der Waals surface area (Å²) in [6.07, 6.45) is -5.08. The van der Waals surface area contributed by atoms with Gasteiger partial charge in [0.15, 0.2) is 5.82 Å². The number of nitro groups is 1. The predicted octanol–water partition coefficient (Wildman–Crippen LogP) is 2.23. The van der Waals surface area contributed by atoms with Gasteiger partial charge in [0.1, 0.15) is 4.60 Å². The number of ether oxygens (including phenoxy) is 1. The molecule has 10 heteroatoms. The van der Waals surface area contributed by atoms with Crippen LogP contribution in [0.2, 0.25) is 0 Å². The molecule has 88 valence electrons. The Bertz CT molecular complexity index is 437. The lowest BCUT2D eigenvalue weighted by atomic mass is 10.3. The van der Waals surface area contributed by atoms with E-state index in [2.05, 4.69) is 25.7 Å². The molecule has 0 fully saturated rings. The number of pyridine rings is 1. The predicted molar refractivity (Wildman–Crippen MR) is 49.7 cm³/mol. The molecule has 2 N–H and O–H groups in total. The number of nitrogens with two attached hydrogens (primary N) is 1. The van der Waals surface area contributed by atoms with Gasteiger partial charge in [0.2, 0.25) is 5.75 Å². The minimum atomic E-state index is -5.08. The van der Waals surface area contributed by atoms with E-state index in [0.29, 0.717) is 0 Å². The molecule has 0 bridgehead atoms. The molecular weight excluding hydrogens is 299 g/mol. The number of nitrogen functional groups attached to an aromatic ring is 1. The molecule has 0 atom stereocenters. The van der Waals surface area contributed by atoms with E-state index in [-0.39, 0.29) is 4.60 Å². The number of hydrogen-bond donors (Lipinski definition) is 1.